The summed E-state index contributed by atoms with van der Waals surface area (Å²) in [6.45, 7) is 1.96. The zero-order valence-electron chi connectivity index (χ0n) is 13.2. The molecule has 0 atom stereocenters. The topological polar surface area (TPSA) is 87.2 Å². The van der Waals surface area contributed by atoms with E-state index in [1.165, 1.54) is 6.20 Å². The average Bonchev–Trinajstić information content (AvgIpc) is 3.20. The second-order valence-electron chi connectivity index (χ2n) is 5.47. The summed E-state index contributed by atoms with van der Waals surface area (Å²) in [5.41, 5.74) is 4.32. The molecule has 8 heteroatoms. The summed E-state index contributed by atoms with van der Waals surface area (Å²) >= 11 is 0. The van der Waals surface area contributed by atoms with Crippen LogP contribution in [-0.4, -0.2) is 35.6 Å². The first kappa shape index (κ1) is 14.3. The number of aryl methyl sites for hydroxylation is 2. The molecule has 0 aliphatic rings. The maximum absolute atomic E-state index is 12.3. The summed E-state index contributed by atoms with van der Waals surface area (Å²) in [6, 6.07) is 7.43. The van der Waals surface area contributed by atoms with Gasteiger partial charge < -0.3 is 4.74 Å². The number of esters is 1. The van der Waals surface area contributed by atoms with E-state index in [1.54, 1.807) is 21.5 Å². The van der Waals surface area contributed by atoms with Crippen molar-refractivity contribution in [3.05, 3.63) is 53.5 Å². The summed E-state index contributed by atoms with van der Waals surface area (Å²) in [6.07, 6.45) is 3.15. The third kappa shape index (κ3) is 2.28. The van der Waals surface area contributed by atoms with E-state index in [-0.39, 0.29) is 6.61 Å². The minimum Gasteiger partial charge on any atom is -0.457 e. The Morgan fingerprint density at radius 3 is 3.04 bits per heavy atom. The molecule has 3 heterocycles. The summed E-state index contributed by atoms with van der Waals surface area (Å²) in [4.78, 5) is 16.5. The Morgan fingerprint density at radius 2 is 2.17 bits per heavy atom. The summed E-state index contributed by atoms with van der Waals surface area (Å²) in [7, 11) is 1.83. The minimum absolute atomic E-state index is 0.155. The van der Waals surface area contributed by atoms with Gasteiger partial charge in [-0.1, -0.05) is 11.3 Å². The number of fused-ring (bicyclic) bond motifs is 2. The molecular weight excluding hydrogens is 308 g/mol. The van der Waals surface area contributed by atoms with Crippen LogP contribution in [0.2, 0.25) is 0 Å². The Kier molecular flexibility index (Phi) is 3.23. The third-order valence-corrected chi connectivity index (χ3v) is 3.92. The van der Waals surface area contributed by atoms with E-state index in [2.05, 4.69) is 20.4 Å². The molecule has 24 heavy (non-hydrogen) atoms. The molecule has 4 aromatic rings. The highest BCUT2D eigenvalue weighted by molar-refractivity contribution is 5.90. The van der Waals surface area contributed by atoms with Gasteiger partial charge in [-0.15, -0.1) is 5.10 Å². The van der Waals surface area contributed by atoms with E-state index in [0.29, 0.717) is 16.9 Å². The van der Waals surface area contributed by atoms with Gasteiger partial charge >= 0.3 is 5.97 Å². The third-order valence-electron chi connectivity index (χ3n) is 3.92. The van der Waals surface area contributed by atoms with Gasteiger partial charge in [0, 0.05) is 19.3 Å². The number of hydrogen-bond acceptors (Lipinski definition) is 6. The van der Waals surface area contributed by atoms with Gasteiger partial charge in [-0.3, -0.25) is 0 Å². The molecule has 0 unspecified atom stereocenters. The number of carbonyl (C=O) groups excluding carboxylic acids is 1. The van der Waals surface area contributed by atoms with Crippen molar-refractivity contribution in [3.63, 3.8) is 0 Å². The lowest BCUT2D eigenvalue weighted by Crippen LogP contribution is -2.11. The van der Waals surface area contributed by atoms with Crippen LogP contribution in [0.3, 0.4) is 0 Å². The molecule has 0 saturated heterocycles. The van der Waals surface area contributed by atoms with E-state index >= 15 is 0 Å². The Hall–Kier alpha value is -3.29. The lowest BCUT2D eigenvalue weighted by Gasteiger charge is -2.08. The molecule has 0 radical (unpaired) electrons. The number of nitrogens with zero attached hydrogens (tertiary/aromatic N) is 6. The minimum atomic E-state index is -0.434. The van der Waals surface area contributed by atoms with Crippen molar-refractivity contribution in [1.29, 1.82) is 0 Å². The fourth-order valence-corrected chi connectivity index (χ4v) is 2.59. The van der Waals surface area contributed by atoms with E-state index in [4.69, 9.17) is 4.74 Å². The summed E-state index contributed by atoms with van der Waals surface area (Å²) in [5, 5.41) is 12.2. The number of carbonyl (C=O) groups is 1. The number of ether oxygens (including phenoxy) is 1. The molecule has 120 valence electrons. The van der Waals surface area contributed by atoms with E-state index < -0.39 is 5.97 Å². The molecule has 8 nitrogen and oxygen atoms in total. The van der Waals surface area contributed by atoms with Crippen molar-refractivity contribution >= 4 is 22.6 Å². The second kappa shape index (κ2) is 5.41. The molecule has 0 N–H and O–H groups in total. The first-order valence-corrected chi connectivity index (χ1v) is 7.38. The predicted molar refractivity (Wildman–Crippen MR) is 85.4 cm³/mol. The standard InChI is InChI=1S/C16H14N6O2/c1-10-12(8-17-15-5-6-18-22(10)15)16(23)24-9-11-3-4-14-13(7-11)19-20-21(14)2/h3-8H,9H2,1-2H3. The average molecular weight is 322 g/mol. The molecule has 1 aromatic carbocycles. The molecule has 0 aliphatic heterocycles. The van der Waals surface area contributed by atoms with Gasteiger partial charge in [-0.2, -0.15) is 5.10 Å². The Labute approximate surface area is 136 Å². The van der Waals surface area contributed by atoms with Gasteiger partial charge in [-0.25, -0.2) is 19.0 Å². The van der Waals surface area contributed by atoms with Crippen LogP contribution in [0.4, 0.5) is 0 Å². The van der Waals surface area contributed by atoms with Crippen molar-refractivity contribution in [2.45, 2.75) is 13.5 Å². The first-order chi connectivity index (χ1) is 11.6. The smallest absolute Gasteiger partial charge is 0.341 e. The molecule has 0 amide bonds. The number of rotatable bonds is 3. The van der Waals surface area contributed by atoms with Gasteiger partial charge in [-0.05, 0) is 24.6 Å². The fourth-order valence-electron chi connectivity index (χ4n) is 2.59. The fraction of sp³-hybridized carbons (Fsp3) is 0.188. The Bertz CT molecular complexity index is 1060. The summed E-state index contributed by atoms with van der Waals surface area (Å²) in [5.74, 6) is -0.434. The maximum Gasteiger partial charge on any atom is 0.341 e. The molecule has 4 rings (SSSR count). The largest absolute Gasteiger partial charge is 0.457 e. The van der Waals surface area contributed by atoms with Crippen molar-refractivity contribution in [3.8, 4) is 0 Å². The van der Waals surface area contributed by atoms with Crippen LogP contribution in [0, 0.1) is 6.92 Å². The highest BCUT2D eigenvalue weighted by Gasteiger charge is 2.15. The van der Waals surface area contributed by atoms with Crippen molar-refractivity contribution in [1.82, 2.24) is 29.6 Å². The normalized spacial score (nSPS) is 11.2. The molecule has 0 aliphatic carbocycles. The first-order valence-electron chi connectivity index (χ1n) is 7.38. The van der Waals surface area contributed by atoms with Crippen LogP contribution in [0.5, 0.6) is 0 Å². The SMILES string of the molecule is Cc1c(C(=O)OCc2ccc3c(c2)nnn3C)cnc2ccnn12. The lowest BCUT2D eigenvalue weighted by atomic mass is 10.2. The van der Waals surface area contributed by atoms with Gasteiger partial charge in [0.2, 0.25) is 0 Å². The van der Waals surface area contributed by atoms with Crippen LogP contribution in [0.1, 0.15) is 21.6 Å². The molecule has 0 bridgehead atoms. The monoisotopic (exact) mass is 322 g/mol. The number of hydrogen-bond donors (Lipinski definition) is 0. The quantitative estimate of drug-likeness (QED) is 0.533. The van der Waals surface area contributed by atoms with E-state index in [9.17, 15) is 4.79 Å². The number of benzene rings is 1. The van der Waals surface area contributed by atoms with E-state index in [0.717, 1.165) is 16.6 Å². The Balaban J connectivity index is 1.55. The molecule has 3 aromatic heterocycles. The lowest BCUT2D eigenvalue weighted by molar-refractivity contribution is 0.0470. The van der Waals surface area contributed by atoms with Crippen molar-refractivity contribution in [2.24, 2.45) is 7.05 Å². The van der Waals surface area contributed by atoms with Gasteiger partial charge in [0.1, 0.15) is 12.1 Å². The van der Waals surface area contributed by atoms with Crippen molar-refractivity contribution in [2.75, 3.05) is 0 Å². The van der Waals surface area contributed by atoms with Crippen LogP contribution in [0.15, 0.2) is 36.7 Å². The molecule has 0 spiro atoms. The molecule has 0 fully saturated rings. The highest BCUT2D eigenvalue weighted by Crippen LogP contribution is 2.15. The van der Waals surface area contributed by atoms with Crippen LogP contribution in [0.25, 0.3) is 16.7 Å². The number of aromatic nitrogens is 6. The van der Waals surface area contributed by atoms with Gasteiger partial charge in [0.25, 0.3) is 0 Å². The summed E-state index contributed by atoms with van der Waals surface area (Å²) < 4.78 is 8.71. The molecular formula is C16H14N6O2. The highest BCUT2D eigenvalue weighted by atomic mass is 16.5. The maximum atomic E-state index is 12.3. The second-order valence-corrected chi connectivity index (χ2v) is 5.47. The zero-order chi connectivity index (χ0) is 16.7. The van der Waals surface area contributed by atoms with Crippen molar-refractivity contribution < 1.29 is 9.53 Å². The van der Waals surface area contributed by atoms with E-state index in [1.807, 2.05) is 32.2 Å². The zero-order valence-corrected chi connectivity index (χ0v) is 13.2. The van der Waals surface area contributed by atoms with Crippen LogP contribution < -0.4 is 0 Å². The van der Waals surface area contributed by atoms with Gasteiger partial charge in [0.15, 0.2) is 5.65 Å². The van der Waals surface area contributed by atoms with Crippen LogP contribution in [-0.2, 0) is 18.4 Å². The molecule has 0 saturated carbocycles. The predicted octanol–water partition coefficient (Wildman–Crippen LogP) is 1.68. The van der Waals surface area contributed by atoms with Crippen LogP contribution >= 0.6 is 0 Å². The van der Waals surface area contributed by atoms with Gasteiger partial charge in [0.05, 0.1) is 23.0 Å². The Morgan fingerprint density at radius 1 is 1.29 bits per heavy atom.